The van der Waals surface area contributed by atoms with Gasteiger partial charge in [0.1, 0.15) is 17.3 Å². The van der Waals surface area contributed by atoms with Crippen LogP contribution in [0.15, 0.2) is 40.9 Å². The maximum atomic E-state index is 11.7. The van der Waals surface area contributed by atoms with Crippen LogP contribution in [0.2, 0.25) is 0 Å². The lowest BCUT2D eigenvalue weighted by Gasteiger charge is -2.12. The highest BCUT2D eigenvalue weighted by Gasteiger charge is 2.12. The lowest BCUT2D eigenvalue weighted by Crippen LogP contribution is -2.31. The van der Waals surface area contributed by atoms with E-state index in [1.807, 2.05) is 32.0 Å². The number of aryl methyl sites for hydroxylation is 1. The number of furan rings is 1. The van der Waals surface area contributed by atoms with Crippen LogP contribution in [0.25, 0.3) is 0 Å². The Morgan fingerprint density at radius 3 is 2.78 bits per heavy atom. The Morgan fingerprint density at radius 2 is 2.17 bits per heavy atom. The molecule has 2 amide bonds. The highest BCUT2D eigenvalue weighted by Crippen LogP contribution is 2.15. The van der Waals surface area contributed by atoms with Crippen LogP contribution >= 0.6 is 0 Å². The number of rotatable bonds is 3. The van der Waals surface area contributed by atoms with Crippen molar-refractivity contribution in [1.29, 1.82) is 0 Å². The minimum Gasteiger partial charge on any atom is -0.464 e. The van der Waals surface area contributed by atoms with Gasteiger partial charge in [0.2, 0.25) is 0 Å². The Balaban J connectivity index is 1.92. The highest BCUT2D eigenvalue weighted by molar-refractivity contribution is 5.88. The monoisotopic (exact) mass is 245 g/mol. The van der Waals surface area contributed by atoms with Gasteiger partial charge in [-0.2, -0.15) is 0 Å². The van der Waals surface area contributed by atoms with Crippen LogP contribution in [-0.4, -0.2) is 11.0 Å². The van der Waals surface area contributed by atoms with Gasteiger partial charge in [0, 0.05) is 6.20 Å². The normalized spacial score (nSPS) is 11.9. The molecule has 5 heteroatoms. The first kappa shape index (κ1) is 12.2. The standard InChI is InChI=1S/C13H15N3O2/c1-9-6-7-11(18-9)10(2)15-13(17)16-12-5-3-4-8-14-12/h3-8,10H,1-2H3,(H2,14,15,16,17)/t10-/m0/s1. The zero-order valence-electron chi connectivity index (χ0n) is 10.3. The fraction of sp³-hybridized carbons (Fsp3) is 0.231. The number of anilines is 1. The average Bonchev–Trinajstić information content (AvgIpc) is 2.77. The Hall–Kier alpha value is -2.30. The third-order valence-corrected chi connectivity index (χ3v) is 2.44. The van der Waals surface area contributed by atoms with Gasteiger partial charge in [0.25, 0.3) is 0 Å². The van der Waals surface area contributed by atoms with Crippen LogP contribution in [0, 0.1) is 6.92 Å². The molecule has 5 nitrogen and oxygen atoms in total. The molecule has 2 N–H and O–H groups in total. The summed E-state index contributed by atoms with van der Waals surface area (Å²) in [5.74, 6) is 2.06. The van der Waals surface area contributed by atoms with E-state index in [1.54, 1.807) is 18.3 Å². The molecule has 1 atom stereocenters. The summed E-state index contributed by atoms with van der Waals surface area (Å²) in [6.07, 6.45) is 1.62. The summed E-state index contributed by atoms with van der Waals surface area (Å²) in [6, 6.07) is 8.53. The smallest absolute Gasteiger partial charge is 0.320 e. The highest BCUT2D eigenvalue weighted by atomic mass is 16.3. The summed E-state index contributed by atoms with van der Waals surface area (Å²) in [7, 11) is 0. The zero-order valence-corrected chi connectivity index (χ0v) is 10.3. The number of aromatic nitrogens is 1. The number of carbonyl (C=O) groups is 1. The van der Waals surface area contributed by atoms with Gasteiger partial charge in [-0.1, -0.05) is 6.07 Å². The number of hydrogen-bond donors (Lipinski definition) is 2. The maximum Gasteiger partial charge on any atom is 0.320 e. The second-order valence-electron chi connectivity index (χ2n) is 3.98. The molecule has 0 saturated carbocycles. The molecule has 0 aliphatic rings. The molecule has 0 aliphatic carbocycles. The Kier molecular flexibility index (Phi) is 3.62. The summed E-state index contributed by atoms with van der Waals surface area (Å²) < 4.78 is 5.44. The number of hydrogen-bond acceptors (Lipinski definition) is 3. The van der Waals surface area contributed by atoms with E-state index in [1.165, 1.54) is 0 Å². The molecule has 2 rings (SSSR count). The largest absolute Gasteiger partial charge is 0.464 e. The van der Waals surface area contributed by atoms with E-state index in [2.05, 4.69) is 15.6 Å². The van der Waals surface area contributed by atoms with Crippen molar-refractivity contribution in [2.24, 2.45) is 0 Å². The lowest BCUT2D eigenvalue weighted by atomic mass is 10.2. The minimum absolute atomic E-state index is 0.192. The van der Waals surface area contributed by atoms with Crippen LogP contribution in [0.1, 0.15) is 24.5 Å². The van der Waals surface area contributed by atoms with Gasteiger partial charge >= 0.3 is 6.03 Å². The molecule has 18 heavy (non-hydrogen) atoms. The predicted octanol–water partition coefficient (Wildman–Crippen LogP) is 2.87. The quantitative estimate of drug-likeness (QED) is 0.873. The fourth-order valence-electron chi connectivity index (χ4n) is 1.54. The van der Waals surface area contributed by atoms with Crippen LogP contribution in [0.5, 0.6) is 0 Å². The number of amides is 2. The molecule has 0 aromatic carbocycles. The summed E-state index contributed by atoms with van der Waals surface area (Å²) >= 11 is 0. The van der Waals surface area contributed by atoms with Gasteiger partial charge in [0.15, 0.2) is 0 Å². The molecule has 2 aromatic rings. The minimum atomic E-state index is -0.310. The maximum absolute atomic E-state index is 11.7. The second kappa shape index (κ2) is 5.35. The van der Waals surface area contributed by atoms with Crippen LogP contribution < -0.4 is 10.6 Å². The van der Waals surface area contributed by atoms with Gasteiger partial charge in [-0.15, -0.1) is 0 Å². The molecular weight excluding hydrogens is 230 g/mol. The lowest BCUT2D eigenvalue weighted by molar-refractivity contribution is 0.247. The molecule has 0 fully saturated rings. The third kappa shape index (κ3) is 3.10. The first-order valence-electron chi connectivity index (χ1n) is 5.70. The van der Waals surface area contributed by atoms with Gasteiger partial charge in [-0.05, 0) is 38.1 Å². The van der Waals surface area contributed by atoms with E-state index in [0.717, 1.165) is 11.5 Å². The van der Waals surface area contributed by atoms with E-state index >= 15 is 0 Å². The van der Waals surface area contributed by atoms with E-state index in [4.69, 9.17) is 4.42 Å². The van der Waals surface area contributed by atoms with Gasteiger partial charge in [-0.25, -0.2) is 9.78 Å². The Labute approximate surface area is 105 Å². The van der Waals surface area contributed by atoms with Gasteiger partial charge < -0.3 is 9.73 Å². The van der Waals surface area contributed by atoms with Crippen LogP contribution in [-0.2, 0) is 0 Å². The van der Waals surface area contributed by atoms with E-state index in [9.17, 15) is 4.79 Å². The van der Waals surface area contributed by atoms with Crippen molar-refractivity contribution in [3.8, 4) is 0 Å². The van der Waals surface area contributed by atoms with Crippen molar-refractivity contribution in [1.82, 2.24) is 10.3 Å². The molecule has 94 valence electrons. The Bertz CT molecular complexity index is 522. The molecule has 0 aliphatic heterocycles. The van der Waals surface area contributed by atoms with Gasteiger partial charge in [-0.3, -0.25) is 5.32 Å². The first-order chi connectivity index (χ1) is 8.65. The van der Waals surface area contributed by atoms with E-state index in [0.29, 0.717) is 5.82 Å². The average molecular weight is 245 g/mol. The zero-order chi connectivity index (χ0) is 13.0. The predicted molar refractivity (Wildman–Crippen MR) is 68.3 cm³/mol. The number of nitrogens with zero attached hydrogens (tertiary/aromatic N) is 1. The molecule has 2 heterocycles. The van der Waals surface area contributed by atoms with E-state index < -0.39 is 0 Å². The summed E-state index contributed by atoms with van der Waals surface area (Å²) in [4.78, 5) is 15.7. The topological polar surface area (TPSA) is 67.2 Å². The van der Waals surface area contributed by atoms with Crippen molar-refractivity contribution < 1.29 is 9.21 Å². The number of pyridine rings is 1. The number of urea groups is 1. The number of nitrogens with one attached hydrogen (secondary N) is 2. The first-order valence-corrected chi connectivity index (χ1v) is 5.70. The summed E-state index contributed by atoms with van der Waals surface area (Å²) in [6.45, 7) is 3.72. The van der Waals surface area contributed by atoms with Gasteiger partial charge in [0.05, 0.1) is 6.04 Å². The SMILES string of the molecule is Cc1ccc([C@H](C)NC(=O)Nc2ccccn2)o1. The second-order valence-corrected chi connectivity index (χ2v) is 3.98. The summed E-state index contributed by atoms with van der Waals surface area (Å²) in [5, 5.41) is 5.42. The molecule has 0 saturated heterocycles. The van der Waals surface area contributed by atoms with Crippen LogP contribution in [0.3, 0.4) is 0 Å². The molecule has 0 unspecified atom stereocenters. The van der Waals surface area contributed by atoms with Crippen molar-refractivity contribution in [3.05, 3.63) is 48.0 Å². The third-order valence-electron chi connectivity index (χ3n) is 2.44. The Morgan fingerprint density at radius 1 is 1.33 bits per heavy atom. The summed E-state index contributed by atoms with van der Waals surface area (Å²) in [5.41, 5.74) is 0. The van der Waals surface area contributed by atoms with Crippen molar-refractivity contribution in [2.45, 2.75) is 19.9 Å². The van der Waals surface area contributed by atoms with Crippen molar-refractivity contribution in [3.63, 3.8) is 0 Å². The van der Waals surface area contributed by atoms with Crippen molar-refractivity contribution >= 4 is 11.8 Å². The molecule has 0 radical (unpaired) electrons. The van der Waals surface area contributed by atoms with Crippen molar-refractivity contribution in [2.75, 3.05) is 5.32 Å². The molecule has 2 aromatic heterocycles. The molecular formula is C13H15N3O2. The van der Waals surface area contributed by atoms with Crippen LogP contribution in [0.4, 0.5) is 10.6 Å². The fourth-order valence-corrected chi connectivity index (χ4v) is 1.54. The number of carbonyl (C=O) groups excluding carboxylic acids is 1. The van der Waals surface area contributed by atoms with E-state index in [-0.39, 0.29) is 12.1 Å². The molecule has 0 spiro atoms. The molecule has 0 bridgehead atoms.